The van der Waals surface area contributed by atoms with Gasteiger partial charge < -0.3 is 19.0 Å². The first-order valence-electron chi connectivity index (χ1n) is 13.0. The van der Waals surface area contributed by atoms with Gasteiger partial charge in [0.2, 0.25) is 5.89 Å². The van der Waals surface area contributed by atoms with Gasteiger partial charge in [0.1, 0.15) is 11.4 Å². The van der Waals surface area contributed by atoms with Crippen LogP contribution in [0.4, 0.5) is 0 Å². The lowest BCUT2D eigenvalue weighted by molar-refractivity contribution is -0.145. The zero-order chi connectivity index (χ0) is 26.3. The normalized spacial score (nSPS) is 17.1. The van der Waals surface area contributed by atoms with Crippen LogP contribution in [-0.2, 0) is 16.0 Å². The van der Waals surface area contributed by atoms with Crippen molar-refractivity contribution in [1.82, 2.24) is 4.98 Å². The van der Waals surface area contributed by atoms with Gasteiger partial charge >= 0.3 is 5.97 Å². The van der Waals surface area contributed by atoms with Gasteiger partial charge in [-0.05, 0) is 55.9 Å². The fourth-order valence-corrected chi connectivity index (χ4v) is 4.82. The van der Waals surface area contributed by atoms with Gasteiger partial charge in [0.05, 0.1) is 12.7 Å². The number of hydrogen-bond acceptors (Lipinski definition) is 6. The summed E-state index contributed by atoms with van der Waals surface area (Å²) in [5, 5.41) is 10.5. The average molecular weight is 510 g/mol. The summed E-state index contributed by atoms with van der Waals surface area (Å²) in [7, 11) is 0. The molecule has 1 aliphatic carbocycles. The van der Waals surface area contributed by atoms with Gasteiger partial charge in [-0.15, -0.1) is 0 Å². The third-order valence-corrected chi connectivity index (χ3v) is 6.62. The Morgan fingerprint density at radius 3 is 2.45 bits per heavy atom. The maximum Gasteiger partial charge on any atom is 0.344 e. The summed E-state index contributed by atoms with van der Waals surface area (Å²) in [6.07, 6.45) is 3.52. The molecule has 194 valence electrons. The number of aromatic nitrogens is 1. The summed E-state index contributed by atoms with van der Waals surface area (Å²) in [6.45, 7) is 1.97. The smallest absolute Gasteiger partial charge is 0.344 e. The average Bonchev–Trinajstić information content (AvgIpc) is 3.40. The van der Waals surface area contributed by atoms with Crippen LogP contribution in [0.25, 0.3) is 28.2 Å². The highest BCUT2D eigenvalue weighted by Crippen LogP contribution is 2.40. The van der Waals surface area contributed by atoms with E-state index in [0.29, 0.717) is 30.4 Å². The lowest BCUT2D eigenvalue weighted by Crippen LogP contribution is -2.19. The molecule has 3 aromatic carbocycles. The number of carbonyl (C=O) groups excluding carboxylic acids is 1. The highest BCUT2D eigenvalue weighted by atomic mass is 16.6. The summed E-state index contributed by atoms with van der Waals surface area (Å²) < 4.78 is 17.0. The quantitative estimate of drug-likeness (QED) is 0.265. The lowest BCUT2D eigenvalue weighted by atomic mass is 9.82. The topological polar surface area (TPSA) is 81.8 Å². The van der Waals surface area contributed by atoms with Crippen LogP contribution in [0.15, 0.2) is 95.4 Å². The molecule has 2 atom stereocenters. The zero-order valence-electron chi connectivity index (χ0n) is 21.4. The summed E-state index contributed by atoms with van der Waals surface area (Å²) >= 11 is 0. The van der Waals surface area contributed by atoms with Crippen LogP contribution in [0, 0.1) is 5.92 Å². The molecule has 1 unspecified atom stereocenters. The molecule has 6 nitrogen and oxygen atoms in total. The van der Waals surface area contributed by atoms with Crippen LogP contribution in [0.2, 0.25) is 0 Å². The van der Waals surface area contributed by atoms with Gasteiger partial charge in [-0.3, -0.25) is 0 Å². The molecule has 0 radical (unpaired) electrons. The highest BCUT2D eigenvalue weighted by molar-refractivity contribution is 5.79. The van der Waals surface area contributed by atoms with Crippen molar-refractivity contribution in [3.05, 3.63) is 102 Å². The van der Waals surface area contributed by atoms with E-state index in [4.69, 9.17) is 18.9 Å². The Bertz CT molecular complexity index is 1340. The number of ether oxygens (including phenoxy) is 2. The number of nitrogens with zero attached hydrogens (tertiary/aromatic N) is 1. The minimum absolute atomic E-state index is 0.101. The summed E-state index contributed by atoms with van der Waals surface area (Å²) in [4.78, 5) is 16.7. The number of aliphatic hydroxyl groups excluding tert-OH is 1. The van der Waals surface area contributed by atoms with E-state index >= 15 is 0 Å². The van der Waals surface area contributed by atoms with Gasteiger partial charge in [0, 0.05) is 16.7 Å². The molecule has 0 bridgehead atoms. The number of hydrogen-bond donors (Lipinski definition) is 1. The Hall–Kier alpha value is -4.16. The molecular formula is C32H31NO5. The molecule has 0 saturated heterocycles. The molecule has 0 saturated carbocycles. The van der Waals surface area contributed by atoms with Gasteiger partial charge in [-0.25, -0.2) is 9.78 Å². The zero-order valence-corrected chi connectivity index (χ0v) is 21.4. The third-order valence-electron chi connectivity index (χ3n) is 6.62. The van der Waals surface area contributed by atoms with Crippen molar-refractivity contribution in [2.45, 2.75) is 32.3 Å². The second kappa shape index (κ2) is 11.9. The fourth-order valence-electron chi connectivity index (χ4n) is 4.82. The fraction of sp³-hybridized carbons (Fsp3) is 0.250. The number of aliphatic hydroxyl groups is 1. The maximum absolute atomic E-state index is 11.7. The van der Waals surface area contributed by atoms with E-state index in [1.165, 1.54) is 0 Å². The number of benzene rings is 3. The predicted molar refractivity (Wildman–Crippen MR) is 146 cm³/mol. The van der Waals surface area contributed by atoms with Crippen LogP contribution in [-0.4, -0.2) is 35.4 Å². The lowest BCUT2D eigenvalue weighted by Gasteiger charge is -2.25. The molecule has 1 heterocycles. The second-order valence-corrected chi connectivity index (χ2v) is 9.34. The van der Waals surface area contributed by atoms with Crippen LogP contribution < -0.4 is 4.74 Å². The van der Waals surface area contributed by atoms with E-state index in [2.05, 4.69) is 0 Å². The number of esters is 1. The molecule has 1 N–H and O–H groups in total. The van der Waals surface area contributed by atoms with E-state index < -0.39 is 12.1 Å². The molecule has 1 aliphatic rings. The SMILES string of the molecule is CCOC(=O)COc1cccc(C[C@@H]2CCC(O)C=C2c2nc(-c3ccccc3)c(-c3ccccc3)o2)c1. The van der Waals surface area contributed by atoms with Gasteiger partial charge in [-0.2, -0.15) is 0 Å². The predicted octanol–water partition coefficient (Wildman–Crippen LogP) is 6.35. The first-order chi connectivity index (χ1) is 18.6. The largest absolute Gasteiger partial charge is 0.482 e. The van der Waals surface area contributed by atoms with Crippen molar-refractivity contribution >= 4 is 11.5 Å². The Morgan fingerprint density at radius 1 is 0.974 bits per heavy atom. The number of oxazole rings is 1. The van der Waals surface area contributed by atoms with Gasteiger partial charge in [0.25, 0.3) is 0 Å². The monoisotopic (exact) mass is 509 g/mol. The molecule has 38 heavy (non-hydrogen) atoms. The van der Waals surface area contributed by atoms with E-state index in [0.717, 1.165) is 40.8 Å². The molecule has 0 amide bonds. The molecule has 0 aliphatic heterocycles. The first-order valence-corrected chi connectivity index (χ1v) is 13.0. The van der Waals surface area contributed by atoms with Crippen LogP contribution >= 0.6 is 0 Å². The van der Waals surface area contributed by atoms with Crippen LogP contribution in [0.3, 0.4) is 0 Å². The van der Waals surface area contributed by atoms with E-state index in [1.54, 1.807) is 6.92 Å². The number of carbonyl (C=O) groups is 1. The van der Waals surface area contributed by atoms with Crippen molar-refractivity contribution in [1.29, 1.82) is 0 Å². The molecule has 5 rings (SSSR count). The van der Waals surface area contributed by atoms with E-state index in [9.17, 15) is 9.90 Å². The summed E-state index contributed by atoms with van der Waals surface area (Å²) in [6, 6.07) is 27.7. The van der Waals surface area contributed by atoms with Gasteiger partial charge in [0.15, 0.2) is 12.4 Å². The van der Waals surface area contributed by atoms with Crippen molar-refractivity contribution in [3.63, 3.8) is 0 Å². The van der Waals surface area contributed by atoms with E-state index in [-0.39, 0.29) is 12.5 Å². The minimum atomic E-state index is -0.548. The standard InChI is InChI=1S/C32H31NO5/c1-2-36-29(35)21-37-27-15-9-10-22(19-27)18-25-16-17-26(34)20-28(25)32-33-30(23-11-5-3-6-12-23)31(38-32)24-13-7-4-8-14-24/h3-15,19-20,25-26,34H,2,16-18,21H2,1H3/t25-,26?/m0/s1. The Labute approximate surface area is 222 Å². The summed E-state index contributed by atoms with van der Waals surface area (Å²) in [5.41, 5.74) is 4.67. The third kappa shape index (κ3) is 6.03. The number of allylic oxidation sites excluding steroid dienone is 1. The molecule has 1 aromatic heterocycles. The van der Waals surface area contributed by atoms with Crippen molar-refractivity contribution in [3.8, 4) is 28.3 Å². The molecule has 4 aromatic rings. The minimum Gasteiger partial charge on any atom is -0.482 e. The first kappa shape index (κ1) is 25.5. The van der Waals surface area contributed by atoms with Crippen LogP contribution in [0.1, 0.15) is 31.2 Å². The Balaban J connectivity index is 1.44. The molecular weight excluding hydrogens is 478 g/mol. The van der Waals surface area contributed by atoms with E-state index in [1.807, 2.05) is 91.0 Å². The molecule has 6 heteroatoms. The van der Waals surface area contributed by atoms with Crippen molar-refractivity contribution in [2.24, 2.45) is 5.92 Å². The second-order valence-electron chi connectivity index (χ2n) is 9.34. The van der Waals surface area contributed by atoms with Crippen molar-refractivity contribution < 1.29 is 23.8 Å². The van der Waals surface area contributed by atoms with Crippen LogP contribution in [0.5, 0.6) is 5.75 Å². The molecule has 0 fully saturated rings. The Morgan fingerprint density at radius 2 is 1.71 bits per heavy atom. The van der Waals surface area contributed by atoms with Crippen molar-refractivity contribution in [2.75, 3.05) is 13.2 Å². The highest BCUT2D eigenvalue weighted by Gasteiger charge is 2.28. The Kier molecular flexibility index (Phi) is 8.00. The van der Waals surface area contributed by atoms with Gasteiger partial charge in [-0.1, -0.05) is 72.8 Å². The molecule has 0 spiro atoms. The number of rotatable bonds is 9. The summed E-state index contributed by atoms with van der Waals surface area (Å²) in [5.74, 6) is 1.56. The maximum atomic E-state index is 11.7.